The Kier molecular flexibility index (Phi) is 1.76. The molecule has 0 spiro atoms. The van der Waals surface area contributed by atoms with E-state index in [4.69, 9.17) is 4.74 Å². The fourth-order valence-electron chi connectivity index (χ4n) is 1.50. The van der Waals surface area contributed by atoms with Gasteiger partial charge in [0.25, 0.3) is 5.91 Å². The van der Waals surface area contributed by atoms with Crippen molar-refractivity contribution in [3.63, 3.8) is 0 Å². The van der Waals surface area contributed by atoms with Crippen molar-refractivity contribution in [2.24, 2.45) is 0 Å². The minimum atomic E-state index is -0.119. The SMILES string of the molecule is O=C1Nc2sccc2Oc2ccccc21. The molecule has 74 valence electrons. The van der Waals surface area contributed by atoms with Crippen molar-refractivity contribution >= 4 is 22.2 Å². The first-order valence-electron chi connectivity index (χ1n) is 4.50. The van der Waals surface area contributed by atoms with Gasteiger partial charge in [0.15, 0.2) is 5.75 Å². The molecule has 0 aliphatic carbocycles. The molecular formula is C11H7NO2S. The number of amides is 1. The molecule has 1 aliphatic rings. The maximum Gasteiger partial charge on any atom is 0.260 e. The van der Waals surface area contributed by atoms with Crippen LogP contribution < -0.4 is 10.1 Å². The van der Waals surface area contributed by atoms with Gasteiger partial charge < -0.3 is 10.1 Å². The Balaban J connectivity index is 2.19. The van der Waals surface area contributed by atoms with Gasteiger partial charge in [-0.3, -0.25) is 4.79 Å². The largest absolute Gasteiger partial charge is 0.453 e. The summed E-state index contributed by atoms with van der Waals surface area (Å²) in [7, 11) is 0. The second kappa shape index (κ2) is 3.10. The number of benzene rings is 1. The van der Waals surface area contributed by atoms with E-state index >= 15 is 0 Å². The van der Waals surface area contributed by atoms with E-state index in [1.165, 1.54) is 11.3 Å². The standard InChI is InChI=1S/C11H7NO2S/c13-10-7-3-1-2-4-8(7)14-9-5-6-15-11(9)12-10/h1-6H,(H,12,13). The first kappa shape index (κ1) is 8.49. The molecule has 1 aliphatic heterocycles. The number of anilines is 1. The molecule has 15 heavy (non-hydrogen) atoms. The van der Waals surface area contributed by atoms with Gasteiger partial charge in [0.05, 0.1) is 5.56 Å². The number of carbonyl (C=O) groups is 1. The summed E-state index contributed by atoms with van der Waals surface area (Å²) in [4.78, 5) is 11.8. The first-order chi connectivity index (χ1) is 7.34. The molecule has 4 heteroatoms. The maximum atomic E-state index is 11.8. The van der Waals surface area contributed by atoms with Crippen LogP contribution in [-0.4, -0.2) is 5.91 Å². The van der Waals surface area contributed by atoms with Gasteiger partial charge in [0, 0.05) is 0 Å². The van der Waals surface area contributed by atoms with Crippen LogP contribution in [0.1, 0.15) is 10.4 Å². The Hall–Kier alpha value is -1.81. The van der Waals surface area contributed by atoms with E-state index < -0.39 is 0 Å². The Morgan fingerprint density at radius 2 is 2.00 bits per heavy atom. The summed E-state index contributed by atoms with van der Waals surface area (Å²) in [6, 6.07) is 9.07. The molecule has 0 bridgehead atoms. The van der Waals surface area contributed by atoms with Gasteiger partial charge in [-0.2, -0.15) is 0 Å². The molecule has 3 rings (SSSR count). The number of thiophene rings is 1. The lowest BCUT2D eigenvalue weighted by Crippen LogP contribution is -2.09. The van der Waals surface area contributed by atoms with Gasteiger partial charge in [-0.1, -0.05) is 12.1 Å². The van der Waals surface area contributed by atoms with E-state index in [0.29, 0.717) is 17.1 Å². The number of nitrogens with one attached hydrogen (secondary N) is 1. The molecule has 1 aromatic heterocycles. The van der Waals surface area contributed by atoms with Gasteiger partial charge in [-0.05, 0) is 23.6 Å². The maximum absolute atomic E-state index is 11.8. The fraction of sp³-hybridized carbons (Fsp3) is 0. The van der Waals surface area contributed by atoms with Crippen molar-refractivity contribution in [1.82, 2.24) is 0 Å². The molecule has 1 amide bonds. The third-order valence-electron chi connectivity index (χ3n) is 2.21. The second-order valence-corrected chi connectivity index (χ2v) is 4.08. The summed E-state index contributed by atoms with van der Waals surface area (Å²) in [5.41, 5.74) is 0.570. The van der Waals surface area contributed by atoms with Gasteiger partial charge >= 0.3 is 0 Å². The van der Waals surface area contributed by atoms with E-state index in [1.54, 1.807) is 12.1 Å². The predicted octanol–water partition coefficient (Wildman–Crippen LogP) is 3.11. The third kappa shape index (κ3) is 1.30. The Morgan fingerprint density at radius 3 is 2.93 bits per heavy atom. The minimum absolute atomic E-state index is 0.119. The van der Waals surface area contributed by atoms with Crippen molar-refractivity contribution in [3.8, 4) is 11.5 Å². The van der Waals surface area contributed by atoms with Crippen molar-refractivity contribution < 1.29 is 9.53 Å². The van der Waals surface area contributed by atoms with E-state index in [-0.39, 0.29) is 5.91 Å². The average Bonchev–Trinajstić information content (AvgIpc) is 2.61. The molecular weight excluding hydrogens is 210 g/mol. The lowest BCUT2D eigenvalue weighted by Gasteiger charge is -2.03. The van der Waals surface area contributed by atoms with Crippen LogP contribution in [0, 0.1) is 0 Å². The normalized spacial score (nSPS) is 13.2. The molecule has 0 radical (unpaired) electrons. The summed E-state index contributed by atoms with van der Waals surface area (Å²) in [6.07, 6.45) is 0. The van der Waals surface area contributed by atoms with Crippen molar-refractivity contribution in [2.45, 2.75) is 0 Å². The summed E-state index contributed by atoms with van der Waals surface area (Å²) in [5.74, 6) is 1.19. The monoisotopic (exact) mass is 217 g/mol. The van der Waals surface area contributed by atoms with Gasteiger partial charge in [-0.25, -0.2) is 0 Å². The lowest BCUT2D eigenvalue weighted by atomic mass is 10.2. The van der Waals surface area contributed by atoms with Crippen LogP contribution >= 0.6 is 11.3 Å². The van der Waals surface area contributed by atoms with Crippen LogP contribution in [0.2, 0.25) is 0 Å². The number of hydrogen-bond acceptors (Lipinski definition) is 3. The number of fused-ring (bicyclic) bond motifs is 2. The predicted molar refractivity (Wildman–Crippen MR) is 58.8 cm³/mol. The van der Waals surface area contributed by atoms with Crippen LogP contribution in [0.4, 0.5) is 5.00 Å². The molecule has 1 aromatic carbocycles. The van der Waals surface area contributed by atoms with Gasteiger partial charge in [0.2, 0.25) is 0 Å². The van der Waals surface area contributed by atoms with Crippen LogP contribution in [0.25, 0.3) is 0 Å². The Bertz CT molecular complexity index is 533. The highest BCUT2D eigenvalue weighted by atomic mass is 32.1. The fourth-order valence-corrected chi connectivity index (χ4v) is 2.21. The molecule has 2 aromatic rings. The number of carbonyl (C=O) groups excluding carboxylic acids is 1. The van der Waals surface area contributed by atoms with Crippen molar-refractivity contribution in [2.75, 3.05) is 5.32 Å². The highest BCUT2D eigenvalue weighted by molar-refractivity contribution is 7.14. The summed E-state index contributed by atoms with van der Waals surface area (Å²) in [5, 5.41) is 5.46. The van der Waals surface area contributed by atoms with Crippen LogP contribution in [-0.2, 0) is 0 Å². The Labute approximate surface area is 90.3 Å². The first-order valence-corrected chi connectivity index (χ1v) is 5.38. The van der Waals surface area contributed by atoms with E-state index in [2.05, 4.69) is 5.32 Å². The van der Waals surface area contributed by atoms with Gasteiger partial charge in [-0.15, -0.1) is 11.3 Å². The molecule has 0 saturated carbocycles. The van der Waals surface area contributed by atoms with E-state index in [9.17, 15) is 4.79 Å². The van der Waals surface area contributed by atoms with Crippen LogP contribution in [0.5, 0.6) is 11.5 Å². The third-order valence-corrected chi connectivity index (χ3v) is 3.02. The number of ether oxygens (including phenoxy) is 1. The van der Waals surface area contributed by atoms with Crippen LogP contribution in [0.3, 0.4) is 0 Å². The molecule has 0 fully saturated rings. The lowest BCUT2D eigenvalue weighted by molar-refractivity contribution is 0.102. The van der Waals surface area contributed by atoms with E-state index in [1.807, 2.05) is 23.6 Å². The molecule has 0 unspecified atom stereocenters. The van der Waals surface area contributed by atoms with Crippen molar-refractivity contribution in [3.05, 3.63) is 41.3 Å². The summed E-state index contributed by atoms with van der Waals surface area (Å²) < 4.78 is 5.64. The zero-order valence-electron chi connectivity index (χ0n) is 7.69. The number of rotatable bonds is 0. The van der Waals surface area contributed by atoms with Crippen molar-refractivity contribution in [1.29, 1.82) is 0 Å². The van der Waals surface area contributed by atoms with Crippen LogP contribution in [0.15, 0.2) is 35.7 Å². The zero-order valence-corrected chi connectivity index (χ0v) is 8.51. The molecule has 1 N–H and O–H groups in total. The highest BCUT2D eigenvalue weighted by Crippen LogP contribution is 2.38. The average molecular weight is 217 g/mol. The Morgan fingerprint density at radius 1 is 1.13 bits per heavy atom. The molecule has 2 heterocycles. The smallest absolute Gasteiger partial charge is 0.260 e. The highest BCUT2D eigenvalue weighted by Gasteiger charge is 2.20. The minimum Gasteiger partial charge on any atom is -0.453 e. The summed E-state index contributed by atoms with van der Waals surface area (Å²) >= 11 is 1.46. The molecule has 0 atom stereocenters. The second-order valence-electron chi connectivity index (χ2n) is 3.17. The topological polar surface area (TPSA) is 38.3 Å². The quantitative estimate of drug-likeness (QED) is 0.736. The molecule has 0 saturated heterocycles. The number of hydrogen-bond donors (Lipinski definition) is 1. The summed E-state index contributed by atoms with van der Waals surface area (Å²) in [6.45, 7) is 0. The zero-order chi connectivity index (χ0) is 10.3. The molecule has 3 nitrogen and oxygen atoms in total. The van der Waals surface area contributed by atoms with Gasteiger partial charge in [0.1, 0.15) is 10.8 Å². The number of para-hydroxylation sites is 1. The van der Waals surface area contributed by atoms with E-state index in [0.717, 1.165) is 5.00 Å².